The van der Waals surface area contributed by atoms with Crippen LogP contribution >= 0.6 is 0 Å². The van der Waals surface area contributed by atoms with Crippen LogP contribution in [0.5, 0.6) is 5.75 Å². The maximum atomic E-state index is 11.0. The highest BCUT2D eigenvalue weighted by molar-refractivity contribution is 5.89. The number of aliphatic hydroxyl groups is 1. The average molecular weight is 334 g/mol. The molecule has 1 aliphatic heterocycles. The molecule has 4 rings (SSSR count). The molecule has 3 N–H and O–H groups in total. The lowest BCUT2D eigenvalue weighted by atomic mass is 9.86. The number of hydrogen-bond acceptors (Lipinski definition) is 5. The standard InChI is InChI=1S/C19H18N4O2/c1-19(2)17(24)16(13-9-11(10-20)7-8-15(13)25-19)23-14-6-4-3-5-12(14)18(21)22-23/h3-9,16-17,24H,1-2H3,(H2,21,22)/t16-,17+/m0/s1. The van der Waals surface area contributed by atoms with Crippen molar-refractivity contribution >= 4 is 16.7 Å². The minimum atomic E-state index is -0.864. The molecule has 2 heterocycles. The zero-order chi connectivity index (χ0) is 17.8. The van der Waals surface area contributed by atoms with Gasteiger partial charge in [0.15, 0.2) is 5.82 Å². The summed E-state index contributed by atoms with van der Waals surface area (Å²) in [5.74, 6) is 1.04. The highest BCUT2D eigenvalue weighted by atomic mass is 16.5. The molecule has 0 amide bonds. The van der Waals surface area contributed by atoms with E-state index in [1.807, 2.05) is 38.1 Å². The van der Waals surface area contributed by atoms with Gasteiger partial charge in [0.2, 0.25) is 0 Å². The largest absolute Gasteiger partial charge is 0.485 e. The van der Waals surface area contributed by atoms with Crippen LogP contribution in [0, 0.1) is 11.3 Å². The van der Waals surface area contributed by atoms with Gasteiger partial charge in [-0.25, -0.2) is 0 Å². The maximum absolute atomic E-state index is 11.0. The Morgan fingerprint density at radius 3 is 2.80 bits per heavy atom. The summed E-state index contributed by atoms with van der Waals surface area (Å²) >= 11 is 0. The Balaban J connectivity index is 2.01. The Morgan fingerprint density at radius 2 is 2.04 bits per heavy atom. The van der Waals surface area contributed by atoms with E-state index in [9.17, 15) is 10.4 Å². The summed E-state index contributed by atoms with van der Waals surface area (Å²) in [6.45, 7) is 3.67. The number of nitrogens with zero attached hydrogens (tertiary/aromatic N) is 3. The second-order valence-corrected chi connectivity index (χ2v) is 6.81. The van der Waals surface area contributed by atoms with Crippen LogP contribution in [0.4, 0.5) is 5.82 Å². The second kappa shape index (κ2) is 5.23. The molecule has 25 heavy (non-hydrogen) atoms. The summed E-state index contributed by atoms with van der Waals surface area (Å²) < 4.78 is 7.71. The van der Waals surface area contributed by atoms with Crippen molar-refractivity contribution in [1.82, 2.24) is 9.78 Å². The molecule has 0 radical (unpaired) electrons. The van der Waals surface area contributed by atoms with Gasteiger partial charge in [0, 0.05) is 10.9 Å². The average Bonchev–Trinajstić information content (AvgIpc) is 2.92. The van der Waals surface area contributed by atoms with E-state index in [-0.39, 0.29) is 0 Å². The minimum absolute atomic E-state index is 0.407. The molecule has 6 heteroatoms. The number of hydrogen-bond donors (Lipinski definition) is 2. The highest BCUT2D eigenvalue weighted by Gasteiger charge is 2.45. The van der Waals surface area contributed by atoms with E-state index in [1.54, 1.807) is 22.9 Å². The number of aliphatic hydroxyl groups excluding tert-OH is 1. The normalized spacial score (nSPS) is 21.4. The van der Waals surface area contributed by atoms with Gasteiger partial charge in [-0.05, 0) is 44.2 Å². The summed E-state index contributed by atoms with van der Waals surface area (Å²) in [7, 11) is 0. The van der Waals surface area contributed by atoms with E-state index in [0.29, 0.717) is 17.1 Å². The van der Waals surface area contributed by atoms with E-state index in [2.05, 4.69) is 11.2 Å². The Kier molecular flexibility index (Phi) is 3.24. The number of nitriles is 1. The van der Waals surface area contributed by atoms with Crippen LogP contribution in [-0.2, 0) is 0 Å². The molecule has 0 aliphatic carbocycles. The van der Waals surface area contributed by atoms with Crippen LogP contribution in [-0.4, -0.2) is 26.6 Å². The van der Waals surface area contributed by atoms with Crippen LogP contribution in [0.25, 0.3) is 10.9 Å². The number of benzene rings is 2. The van der Waals surface area contributed by atoms with Crippen molar-refractivity contribution in [2.24, 2.45) is 0 Å². The van der Waals surface area contributed by atoms with E-state index >= 15 is 0 Å². The van der Waals surface area contributed by atoms with E-state index < -0.39 is 17.7 Å². The maximum Gasteiger partial charge on any atom is 0.153 e. The molecule has 0 bridgehead atoms. The van der Waals surface area contributed by atoms with Crippen molar-refractivity contribution in [3.05, 3.63) is 53.6 Å². The number of nitrogen functional groups attached to an aromatic ring is 1. The Morgan fingerprint density at radius 1 is 1.28 bits per heavy atom. The van der Waals surface area contributed by atoms with Gasteiger partial charge in [0.25, 0.3) is 0 Å². The van der Waals surface area contributed by atoms with Gasteiger partial charge in [-0.1, -0.05) is 12.1 Å². The Bertz CT molecular complexity index is 1020. The molecule has 0 saturated heterocycles. The summed E-state index contributed by atoms with van der Waals surface area (Å²) in [6, 6.07) is 14.5. The van der Waals surface area contributed by atoms with Crippen molar-refractivity contribution in [2.45, 2.75) is 31.6 Å². The molecule has 2 aromatic carbocycles. The number of ether oxygens (including phenoxy) is 1. The van der Waals surface area contributed by atoms with Gasteiger partial charge < -0.3 is 15.6 Å². The SMILES string of the molecule is CC1(C)Oc2ccc(C#N)cc2[C@H](n2nc(N)c3ccccc32)[C@H]1O. The molecular weight excluding hydrogens is 316 g/mol. The molecular formula is C19H18N4O2. The summed E-state index contributed by atoms with van der Waals surface area (Å²) in [5, 5.41) is 25.6. The zero-order valence-electron chi connectivity index (χ0n) is 14.0. The number of anilines is 1. The third-order valence-corrected chi connectivity index (χ3v) is 4.75. The first-order valence-corrected chi connectivity index (χ1v) is 8.06. The Hall–Kier alpha value is -3.04. The fraction of sp³-hybridized carbons (Fsp3) is 0.263. The highest BCUT2D eigenvalue weighted by Crippen LogP contribution is 2.43. The molecule has 0 spiro atoms. The molecule has 2 atom stereocenters. The summed E-state index contributed by atoms with van der Waals surface area (Å²) in [5.41, 5.74) is 7.32. The summed E-state index contributed by atoms with van der Waals surface area (Å²) in [4.78, 5) is 0. The quantitative estimate of drug-likeness (QED) is 0.713. The fourth-order valence-electron chi connectivity index (χ4n) is 3.43. The van der Waals surface area contributed by atoms with E-state index in [0.717, 1.165) is 16.5 Å². The lowest BCUT2D eigenvalue weighted by Crippen LogP contribution is -2.50. The van der Waals surface area contributed by atoms with E-state index in [4.69, 9.17) is 10.5 Å². The summed E-state index contributed by atoms with van der Waals surface area (Å²) in [6.07, 6.45) is -0.864. The van der Waals surface area contributed by atoms with Gasteiger partial charge in [0.05, 0.1) is 17.1 Å². The molecule has 3 aromatic rings. The van der Waals surface area contributed by atoms with Gasteiger partial charge in [0.1, 0.15) is 23.5 Å². The Labute approximate surface area is 145 Å². The van der Waals surface area contributed by atoms with Crippen molar-refractivity contribution < 1.29 is 9.84 Å². The van der Waals surface area contributed by atoms with Crippen molar-refractivity contribution in [2.75, 3.05) is 5.73 Å². The lowest BCUT2D eigenvalue weighted by molar-refractivity contribution is -0.0649. The predicted octanol–water partition coefficient (Wildman–Crippen LogP) is 2.61. The molecule has 0 unspecified atom stereocenters. The van der Waals surface area contributed by atoms with Crippen LogP contribution in [0.1, 0.15) is 31.0 Å². The van der Waals surface area contributed by atoms with Crippen molar-refractivity contribution in [1.29, 1.82) is 5.26 Å². The third-order valence-electron chi connectivity index (χ3n) is 4.75. The fourth-order valence-corrected chi connectivity index (χ4v) is 3.43. The first-order valence-electron chi connectivity index (χ1n) is 8.06. The molecule has 0 fully saturated rings. The van der Waals surface area contributed by atoms with E-state index in [1.165, 1.54) is 0 Å². The lowest BCUT2D eigenvalue weighted by Gasteiger charge is -2.42. The van der Waals surface area contributed by atoms with Crippen LogP contribution < -0.4 is 10.5 Å². The monoisotopic (exact) mass is 334 g/mol. The van der Waals surface area contributed by atoms with Gasteiger partial charge in [-0.15, -0.1) is 0 Å². The molecule has 126 valence electrons. The van der Waals surface area contributed by atoms with Gasteiger partial charge in [-0.3, -0.25) is 4.68 Å². The number of nitrogens with two attached hydrogens (primary N) is 1. The van der Waals surface area contributed by atoms with Crippen molar-refractivity contribution in [3.63, 3.8) is 0 Å². The van der Waals surface area contributed by atoms with Gasteiger partial charge in [-0.2, -0.15) is 10.4 Å². The van der Waals surface area contributed by atoms with Crippen LogP contribution in [0.3, 0.4) is 0 Å². The van der Waals surface area contributed by atoms with Crippen LogP contribution in [0.15, 0.2) is 42.5 Å². The first-order chi connectivity index (χ1) is 11.9. The molecule has 1 aliphatic rings. The third kappa shape index (κ3) is 2.24. The number of aromatic nitrogens is 2. The minimum Gasteiger partial charge on any atom is -0.485 e. The molecule has 1 aromatic heterocycles. The smallest absolute Gasteiger partial charge is 0.153 e. The second-order valence-electron chi connectivity index (χ2n) is 6.81. The number of para-hydroxylation sites is 1. The first kappa shape index (κ1) is 15.5. The predicted molar refractivity (Wildman–Crippen MR) is 94.2 cm³/mol. The van der Waals surface area contributed by atoms with Gasteiger partial charge >= 0.3 is 0 Å². The topological polar surface area (TPSA) is 97.1 Å². The molecule has 0 saturated carbocycles. The molecule has 6 nitrogen and oxygen atoms in total. The van der Waals surface area contributed by atoms with Crippen molar-refractivity contribution in [3.8, 4) is 11.8 Å². The number of rotatable bonds is 1. The zero-order valence-corrected chi connectivity index (χ0v) is 14.0. The number of fused-ring (bicyclic) bond motifs is 2. The van der Waals surface area contributed by atoms with Crippen LogP contribution in [0.2, 0.25) is 0 Å².